The lowest BCUT2D eigenvalue weighted by molar-refractivity contribution is 0.102. The summed E-state index contributed by atoms with van der Waals surface area (Å²) < 4.78 is 5.78. The van der Waals surface area contributed by atoms with Crippen molar-refractivity contribution in [2.24, 2.45) is 0 Å². The highest BCUT2D eigenvalue weighted by Crippen LogP contribution is 2.23. The van der Waals surface area contributed by atoms with Gasteiger partial charge in [-0.25, -0.2) is 4.98 Å². The van der Waals surface area contributed by atoms with Gasteiger partial charge >= 0.3 is 0 Å². The Morgan fingerprint density at radius 3 is 2.83 bits per heavy atom. The van der Waals surface area contributed by atoms with Gasteiger partial charge in [-0.1, -0.05) is 18.2 Å². The Kier molecular flexibility index (Phi) is 7.04. The lowest BCUT2D eigenvalue weighted by Gasteiger charge is -2.27. The average molecular weight is 440 g/mol. The van der Waals surface area contributed by atoms with Crippen molar-refractivity contribution in [3.8, 4) is 5.75 Å². The van der Waals surface area contributed by atoms with E-state index < -0.39 is 0 Å². The predicted molar refractivity (Wildman–Crippen MR) is 125 cm³/mol. The first-order valence-corrected chi connectivity index (χ1v) is 12.1. The number of aromatic nitrogens is 1. The van der Waals surface area contributed by atoms with E-state index in [0.29, 0.717) is 17.9 Å². The average Bonchev–Trinajstić information content (AvgIpc) is 3.30. The van der Waals surface area contributed by atoms with Crippen molar-refractivity contribution in [1.82, 2.24) is 9.88 Å². The van der Waals surface area contributed by atoms with Crippen LogP contribution >= 0.6 is 23.1 Å². The Labute approximate surface area is 185 Å². The van der Waals surface area contributed by atoms with Crippen LogP contribution in [0.2, 0.25) is 0 Å². The quantitative estimate of drug-likeness (QED) is 0.571. The first kappa shape index (κ1) is 20.9. The van der Waals surface area contributed by atoms with Gasteiger partial charge in [0.15, 0.2) is 0 Å². The van der Waals surface area contributed by atoms with Crippen LogP contribution in [0.15, 0.2) is 53.4 Å². The highest BCUT2D eigenvalue weighted by atomic mass is 32.2. The third kappa shape index (κ3) is 5.41. The van der Waals surface area contributed by atoms with Crippen molar-refractivity contribution in [3.63, 3.8) is 0 Å². The van der Waals surface area contributed by atoms with Crippen molar-refractivity contribution in [2.45, 2.75) is 20.1 Å². The smallest absolute Gasteiger partial charge is 0.255 e. The first-order valence-electron chi connectivity index (χ1n) is 9.99. The van der Waals surface area contributed by atoms with Crippen molar-refractivity contribution >= 4 is 34.7 Å². The summed E-state index contributed by atoms with van der Waals surface area (Å²) in [5, 5.41) is 5.03. The second kappa shape index (κ2) is 10.1. The van der Waals surface area contributed by atoms with E-state index >= 15 is 0 Å². The zero-order valence-corrected chi connectivity index (χ0v) is 18.6. The Morgan fingerprint density at radius 1 is 1.20 bits per heavy atom. The molecule has 0 bridgehead atoms. The number of nitrogens with one attached hydrogen (secondary N) is 1. The molecule has 0 saturated carbocycles. The van der Waals surface area contributed by atoms with Gasteiger partial charge in [-0.05, 0) is 42.3 Å². The molecule has 3 aromatic rings. The van der Waals surface area contributed by atoms with E-state index in [1.54, 1.807) is 17.6 Å². The number of rotatable bonds is 7. The summed E-state index contributed by atoms with van der Waals surface area (Å²) in [7, 11) is 0. The van der Waals surface area contributed by atoms with Crippen LogP contribution in [0.3, 0.4) is 0 Å². The molecule has 0 aliphatic carbocycles. The van der Waals surface area contributed by atoms with Gasteiger partial charge < -0.3 is 10.1 Å². The number of benzene rings is 2. The summed E-state index contributed by atoms with van der Waals surface area (Å²) in [5.41, 5.74) is 6.49. The van der Waals surface area contributed by atoms with E-state index in [2.05, 4.69) is 28.2 Å². The fourth-order valence-corrected chi connectivity index (χ4v) is 4.90. The fourth-order valence-electron chi connectivity index (χ4n) is 3.38. The number of nitrogens with zero attached hydrogens (tertiary/aromatic N) is 2. The first-order chi connectivity index (χ1) is 14.7. The van der Waals surface area contributed by atoms with Crippen molar-refractivity contribution < 1.29 is 9.53 Å². The van der Waals surface area contributed by atoms with Crippen molar-refractivity contribution in [3.05, 3.63) is 75.7 Å². The minimum atomic E-state index is -0.135. The third-order valence-corrected chi connectivity index (χ3v) is 6.74. The summed E-state index contributed by atoms with van der Waals surface area (Å²) in [6.45, 7) is 5.64. The molecular weight excluding hydrogens is 414 g/mol. The van der Waals surface area contributed by atoms with Gasteiger partial charge in [0, 0.05) is 47.8 Å². The van der Waals surface area contributed by atoms with Crippen LogP contribution < -0.4 is 10.1 Å². The summed E-state index contributed by atoms with van der Waals surface area (Å²) in [5.74, 6) is 2.90. The van der Waals surface area contributed by atoms with Gasteiger partial charge in [0.25, 0.3) is 5.91 Å². The van der Waals surface area contributed by atoms with Gasteiger partial charge in [0.2, 0.25) is 0 Å². The monoisotopic (exact) mass is 439 g/mol. The molecule has 2 heterocycles. The van der Waals surface area contributed by atoms with E-state index in [1.807, 2.05) is 41.4 Å². The van der Waals surface area contributed by atoms with Gasteiger partial charge in [-0.3, -0.25) is 9.69 Å². The molecule has 30 heavy (non-hydrogen) atoms. The maximum Gasteiger partial charge on any atom is 0.255 e. The molecule has 5 nitrogen and oxygen atoms in total. The maximum absolute atomic E-state index is 12.9. The summed E-state index contributed by atoms with van der Waals surface area (Å²) in [4.78, 5) is 19.6. The molecule has 1 saturated heterocycles. The van der Waals surface area contributed by atoms with Crippen molar-refractivity contribution in [2.75, 3.05) is 29.9 Å². The summed E-state index contributed by atoms with van der Waals surface area (Å²) in [6.07, 6.45) is 0. The SMILES string of the molecule is Cc1c(CN2CCSCC2)cccc1NC(=O)c1cccc(OCc2cscn2)c1. The zero-order valence-electron chi connectivity index (χ0n) is 17.0. The number of anilines is 1. The molecule has 1 aliphatic heterocycles. The van der Waals surface area contributed by atoms with Crippen LogP contribution in [-0.4, -0.2) is 40.4 Å². The molecule has 0 unspecified atom stereocenters. The molecule has 4 rings (SSSR count). The molecule has 1 amide bonds. The molecule has 1 fully saturated rings. The van der Waals surface area contributed by atoms with Gasteiger partial charge in [-0.2, -0.15) is 11.8 Å². The lowest BCUT2D eigenvalue weighted by Crippen LogP contribution is -2.32. The van der Waals surface area contributed by atoms with E-state index in [1.165, 1.54) is 28.4 Å². The van der Waals surface area contributed by atoms with Crippen LogP contribution in [0.4, 0.5) is 5.69 Å². The number of carbonyl (C=O) groups excluding carboxylic acids is 1. The highest BCUT2D eigenvalue weighted by molar-refractivity contribution is 7.99. The molecule has 1 aromatic heterocycles. The van der Waals surface area contributed by atoms with E-state index in [9.17, 15) is 4.79 Å². The molecule has 1 N–H and O–H groups in total. The van der Waals surface area contributed by atoms with Crippen LogP contribution in [0, 0.1) is 6.92 Å². The number of ether oxygens (including phenoxy) is 1. The third-order valence-electron chi connectivity index (χ3n) is 5.16. The molecule has 2 aromatic carbocycles. The molecule has 0 atom stereocenters. The fraction of sp³-hybridized carbons (Fsp3) is 0.304. The summed E-state index contributed by atoms with van der Waals surface area (Å²) in [6, 6.07) is 13.4. The number of thiazole rings is 1. The summed E-state index contributed by atoms with van der Waals surface area (Å²) >= 11 is 3.55. The van der Waals surface area contributed by atoms with Gasteiger partial charge in [-0.15, -0.1) is 11.3 Å². The number of amides is 1. The van der Waals surface area contributed by atoms with Gasteiger partial charge in [0.05, 0.1) is 11.2 Å². The van der Waals surface area contributed by atoms with E-state index in [4.69, 9.17) is 4.74 Å². The van der Waals surface area contributed by atoms with E-state index in [-0.39, 0.29) is 5.91 Å². The molecule has 1 aliphatic rings. The van der Waals surface area contributed by atoms with Crippen molar-refractivity contribution in [1.29, 1.82) is 0 Å². The molecule has 0 radical (unpaired) electrons. The number of thioether (sulfide) groups is 1. The molecule has 156 valence electrons. The lowest BCUT2D eigenvalue weighted by atomic mass is 10.1. The van der Waals surface area contributed by atoms with Crippen LogP contribution in [0.1, 0.15) is 27.2 Å². The molecular formula is C23H25N3O2S2. The van der Waals surface area contributed by atoms with E-state index in [0.717, 1.165) is 36.6 Å². The standard InChI is InChI=1S/C23H25N3O2S2/c1-17-19(13-26-8-10-29-11-9-26)5-3-7-22(17)25-23(27)18-4-2-6-21(12-18)28-14-20-15-30-16-24-20/h2-7,12,15-16H,8-11,13-14H2,1H3,(H,25,27). The second-order valence-electron chi connectivity index (χ2n) is 7.23. The molecule has 0 spiro atoms. The van der Waals surface area contributed by atoms with Crippen LogP contribution in [0.5, 0.6) is 5.75 Å². The second-order valence-corrected chi connectivity index (χ2v) is 9.17. The minimum absolute atomic E-state index is 0.135. The maximum atomic E-state index is 12.9. The Balaban J connectivity index is 1.42. The largest absolute Gasteiger partial charge is 0.487 e. The Bertz CT molecular complexity index is 986. The van der Waals surface area contributed by atoms with Gasteiger partial charge in [0.1, 0.15) is 12.4 Å². The predicted octanol–water partition coefficient (Wildman–Crippen LogP) is 4.83. The number of hydrogen-bond donors (Lipinski definition) is 1. The highest BCUT2D eigenvalue weighted by Gasteiger charge is 2.14. The topological polar surface area (TPSA) is 54.5 Å². The number of hydrogen-bond acceptors (Lipinski definition) is 6. The minimum Gasteiger partial charge on any atom is -0.487 e. The number of carbonyl (C=O) groups is 1. The Morgan fingerprint density at radius 2 is 2.03 bits per heavy atom. The zero-order chi connectivity index (χ0) is 20.8. The van der Waals surface area contributed by atoms with Crippen LogP contribution in [0.25, 0.3) is 0 Å². The van der Waals surface area contributed by atoms with Crippen LogP contribution in [-0.2, 0) is 13.2 Å². The Hall–Kier alpha value is -2.35. The normalized spacial score (nSPS) is 14.4. The molecule has 7 heteroatoms.